The molecular weight excluding hydrogens is 336 g/mol. The zero-order valence-corrected chi connectivity index (χ0v) is 13.1. The Morgan fingerprint density at radius 3 is 2.43 bits per heavy atom. The van der Waals surface area contributed by atoms with Gasteiger partial charge in [-0.15, -0.1) is 11.6 Å². The number of halogens is 3. The average Bonchev–Trinajstić information content (AvgIpc) is 2.48. The first-order valence-corrected chi connectivity index (χ1v) is 8.42. The van der Waals surface area contributed by atoms with Gasteiger partial charge in [0.1, 0.15) is 10.7 Å². The van der Waals surface area contributed by atoms with E-state index in [1.807, 2.05) is 6.07 Å². The summed E-state index contributed by atoms with van der Waals surface area (Å²) in [7, 11) is -3.98. The third-order valence-electron chi connectivity index (χ3n) is 2.84. The summed E-state index contributed by atoms with van der Waals surface area (Å²) in [5, 5.41) is -0.0507. The van der Waals surface area contributed by atoms with Crippen molar-refractivity contribution in [1.29, 1.82) is 0 Å². The van der Waals surface area contributed by atoms with Crippen LogP contribution < -0.4 is 4.72 Å². The Morgan fingerprint density at radius 2 is 1.81 bits per heavy atom. The topological polar surface area (TPSA) is 46.2 Å². The van der Waals surface area contributed by atoms with Crippen LogP contribution in [0.3, 0.4) is 0 Å². The standard InChI is InChI=1S/C14H12Cl2FNO2S/c15-9-13(10-4-2-1-3-5-10)18-21(19,20)14-8-11(17)6-7-12(14)16/h1-8,13,18H,9H2. The lowest BCUT2D eigenvalue weighted by atomic mass is 10.1. The van der Waals surface area contributed by atoms with Gasteiger partial charge in [0.05, 0.1) is 11.1 Å². The van der Waals surface area contributed by atoms with Gasteiger partial charge in [-0.1, -0.05) is 41.9 Å². The van der Waals surface area contributed by atoms with Gasteiger partial charge in [-0.05, 0) is 23.8 Å². The fourth-order valence-electron chi connectivity index (χ4n) is 1.81. The van der Waals surface area contributed by atoms with Crippen molar-refractivity contribution >= 4 is 33.2 Å². The second-order valence-electron chi connectivity index (χ2n) is 4.31. The van der Waals surface area contributed by atoms with E-state index in [0.29, 0.717) is 5.56 Å². The predicted molar refractivity (Wildman–Crippen MR) is 81.6 cm³/mol. The van der Waals surface area contributed by atoms with Crippen molar-refractivity contribution < 1.29 is 12.8 Å². The molecule has 2 rings (SSSR count). The number of alkyl halides is 1. The first kappa shape index (κ1) is 16.2. The van der Waals surface area contributed by atoms with Crippen molar-refractivity contribution in [3.8, 4) is 0 Å². The molecule has 0 fully saturated rings. The third-order valence-corrected chi connectivity index (χ3v) is 5.10. The van der Waals surface area contributed by atoms with E-state index in [0.717, 1.165) is 12.1 Å². The zero-order chi connectivity index (χ0) is 15.5. The molecule has 2 aromatic carbocycles. The van der Waals surface area contributed by atoms with Gasteiger partial charge < -0.3 is 0 Å². The predicted octanol–water partition coefficient (Wildman–Crippen LogP) is 3.74. The molecule has 1 unspecified atom stereocenters. The molecule has 0 bridgehead atoms. The van der Waals surface area contributed by atoms with Crippen molar-refractivity contribution in [3.05, 3.63) is 64.9 Å². The Morgan fingerprint density at radius 1 is 1.14 bits per heavy atom. The molecule has 1 atom stereocenters. The zero-order valence-electron chi connectivity index (χ0n) is 10.8. The lowest BCUT2D eigenvalue weighted by molar-refractivity contribution is 0.565. The van der Waals surface area contributed by atoms with Crippen molar-refractivity contribution in [2.75, 3.05) is 5.88 Å². The van der Waals surface area contributed by atoms with Crippen LogP contribution in [0.15, 0.2) is 53.4 Å². The van der Waals surface area contributed by atoms with Gasteiger partial charge in [0.2, 0.25) is 10.0 Å². The van der Waals surface area contributed by atoms with E-state index in [1.54, 1.807) is 24.3 Å². The second-order valence-corrected chi connectivity index (χ2v) is 6.71. The number of benzene rings is 2. The lowest BCUT2D eigenvalue weighted by Gasteiger charge is -2.17. The molecule has 0 spiro atoms. The smallest absolute Gasteiger partial charge is 0.207 e. The minimum absolute atomic E-state index is 0.0379. The molecule has 0 aliphatic carbocycles. The van der Waals surface area contributed by atoms with E-state index in [9.17, 15) is 12.8 Å². The van der Waals surface area contributed by atoms with Gasteiger partial charge in [0, 0.05) is 5.88 Å². The van der Waals surface area contributed by atoms with Crippen molar-refractivity contribution in [2.24, 2.45) is 0 Å². The van der Waals surface area contributed by atoms with Crippen LogP contribution in [0.2, 0.25) is 5.02 Å². The van der Waals surface area contributed by atoms with Crippen molar-refractivity contribution in [1.82, 2.24) is 4.72 Å². The van der Waals surface area contributed by atoms with Gasteiger partial charge in [-0.2, -0.15) is 0 Å². The van der Waals surface area contributed by atoms with Gasteiger partial charge in [-0.3, -0.25) is 0 Å². The molecule has 0 aliphatic rings. The van der Waals surface area contributed by atoms with E-state index in [1.165, 1.54) is 6.07 Å². The Kier molecular flexibility index (Phi) is 5.22. The van der Waals surface area contributed by atoms with Crippen LogP contribution in [0.5, 0.6) is 0 Å². The molecule has 0 saturated carbocycles. The molecule has 0 radical (unpaired) electrons. The van der Waals surface area contributed by atoms with E-state index in [2.05, 4.69) is 4.72 Å². The van der Waals surface area contributed by atoms with E-state index >= 15 is 0 Å². The molecule has 0 amide bonds. The molecule has 2 aromatic rings. The van der Waals surface area contributed by atoms with Crippen LogP contribution in [0.4, 0.5) is 4.39 Å². The molecule has 0 saturated heterocycles. The summed E-state index contributed by atoms with van der Waals surface area (Å²) in [4.78, 5) is -0.310. The monoisotopic (exact) mass is 347 g/mol. The highest BCUT2D eigenvalue weighted by Gasteiger charge is 2.23. The normalized spacial score (nSPS) is 13.1. The van der Waals surface area contributed by atoms with Gasteiger partial charge in [-0.25, -0.2) is 17.5 Å². The van der Waals surface area contributed by atoms with Crippen LogP contribution in [-0.2, 0) is 10.0 Å². The molecule has 3 nitrogen and oxygen atoms in total. The molecule has 112 valence electrons. The molecular formula is C14H12Cl2FNO2S. The number of sulfonamides is 1. The van der Waals surface area contributed by atoms with Crippen LogP contribution in [-0.4, -0.2) is 14.3 Å². The summed E-state index contributed by atoms with van der Waals surface area (Å²) in [5.74, 6) is -0.641. The van der Waals surface area contributed by atoms with E-state index < -0.39 is 21.9 Å². The largest absolute Gasteiger partial charge is 0.242 e. The average molecular weight is 348 g/mol. The first-order valence-electron chi connectivity index (χ1n) is 6.02. The molecule has 0 heterocycles. The highest BCUT2D eigenvalue weighted by molar-refractivity contribution is 7.89. The van der Waals surface area contributed by atoms with E-state index in [-0.39, 0.29) is 15.8 Å². The number of nitrogens with one attached hydrogen (secondary N) is 1. The van der Waals surface area contributed by atoms with Crippen LogP contribution in [0.1, 0.15) is 11.6 Å². The van der Waals surface area contributed by atoms with Crippen molar-refractivity contribution in [3.63, 3.8) is 0 Å². The Hall–Kier alpha value is -1.14. The number of rotatable bonds is 5. The maximum atomic E-state index is 13.2. The van der Waals surface area contributed by atoms with Gasteiger partial charge >= 0.3 is 0 Å². The summed E-state index contributed by atoms with van der Waals surface area (Å²) < 4.78 is 40.3. The Labute approximate surface area is 132 Å². The maximum Gasteiger partial charge on any atom is 0.242 e. The van der Waals surface area contributed by atoms with Crippen molar-refractivity contribution in [2.45, 2.75) is 10.9 Å². The highest BCUT2D eigenvalue weighted by Crippen LogP contribution is 2.24. The minimum Gasteiger partial charge on any atom is -0.207 e. The summed E-state index contributed by atoms with van der Waals surface area (Å²) in [6.07, 6.45) is 0. The summed E-state index contributed by atoms with van der Waals surface area (Å²) in [5.41, 5.74) is 0.712. The second kappa shape index (κ2) is 6.75. The summed E-state index contributed by atoms with van der Waals surface area (Å²) >= 11 is 11.7. The molecule has 21 heavy (non-hydrogen) atoms. The number of hydrogen-bond acceptors (Lipinski definition) is 2. The van der Waals surface area contributed by atoms with Gasteiger partial charge in [0.15, 0.2) is 0 Å². The van der Waals surface area contributed by atoms with E-state index in [4.69, 9.17) is 23.2 Å². The summed E-state index contributed by atoms with van der Waals surface area (Å²) in [6, 6.07) is 11.4. The number of hydrogen-bond donors (Lipinski definition) is 1. The Bertz CT molecular complexity index is 723. The highest BCUT2D eigenvalue weighted by atomic mass is 35.5. The first-order chi connectivity index (χ1) is 9.94. The summed E-state index contributed by atoms with van der Waals surface area (Å²) in [6.45, 7) is 0. The SMILES string of the molecule is O=S(=O)(NC(CCl)c1ccccc1)c1cc(F)ccc1Cl. The maximum absolute atomic E-state index is 13.2. The Balaban J connectivity index is 2.34. The lowest BCUT2D eigenvalue weighted by Crippen LogP contribution is -2.30. The van der Waals surface area contributed by atoms with Crippen LogP contribution >= 0.6 is 23.2 Å². The molecule has 0 aromatic heterocycles. The minimum atomic E-state index is -3.98. The van der Waals surface area contributed by atoms with Gasteiger partial charge in [0.25, 0.3) is 0 Å². The quantitative estimate of drug-likeness (QED) is 0.837. The molecule has 1 N–H and O–H groups in total. The van der Waals surface area contributed by atoms with Crippen LogP contribution in [0.25, 0.3) is 0 Å². The molecule has 0 aliphatic heterocycles. The fraction of sp³-hybridized carbons (Fsp3) is 0.143. The van der Waals surface area contributed by atoms with Crippen LogP contribution in [0, 0.1) is 5.82 Å². The fourth-order valence-corrected chi connectivity index (χ4v) is 3.89. The molecule has 7 heteroatoms. The third kappa shape index (κ3) is 3.95.